The van der Waals surface area contributed by atoms with E-state index in [1.165, 1.54) is 0 Å². The molecule has 4 heteroatoms. The lowest BCUT2D eigenvalue weighted by atomic mass is 10.2. The van der Waals surface area contributed by atoms with Gasteiger partial charge >= 0.3 is 0 Å². The Balaban J connectivity index is 2.86. The molecule has 0 unspecified atom stereocenters. The van der Waals surface area contributed by atoms with Crippen molar-refractivity contribution in [1.82, 2.24) is 4.98 Å². The quantitative estimate of drug-likeness (QED) is 0.722. The topological polar surface area (TPSA) is 22.1 Å². The Kier molecular flexibility index (Phi) is 2.92. The van der Waals surface area contributed by atoms with Gasteiger partial charge in [-0.3, -0.25) is 4.98 Å². The molecule has 0 aliphatic carbocycles. The molecule has 2 nitrogen and oxygen atoms in total. The van der Waals surface area contributed by atoms with E-state index < -0.39 is 0 Å². The van der Waals surface area contributed by atoms with Crippen LogP contribution >= 0.6 is 38.5 Å². The molecule has 0 bridgehead atoms. The molecule has 72 valence electrons. The lowest BCUT2D eigenvalue weighted by Crippen LogP contribution is -1.90. The fourth-order valence-electron chi connectivity index (χ4n) is 1.33. The van der Waals surface area contributed by atoms with Gasteiger partial charge in [0.05, 0.1) is 15.2 Å². The zero-order chi connectivity index (χ0) is 10.1. The number of methoxy groups -OCH3 is 1. The van der Waals surface area contributed by atoms with Crippen molar-refractivity contribution in [2.24, 2.45) is 0 Å². The van der Waals surface area contributed by atoms with Crippen LogP contribution in [0.4, 0.5) is 0 Å². The summed E-state index contributed by atoms with van der Waals surface area (Å²) in [6.45, 7) is 0. The summed E-state index contributed by atoms with van der Waals surface area (Å²) in [5.41, 5.74) is 0. The highest BCUT2D eigenvalue weighted by Crippen LogP contribution is 2.36. The third-order valence-corrected chi connectivity index (χ3v) is 3.58. The predicted octanol–water partition coefficient (Wildman–Crippen LogP) is 3.61. The Hall–Kier alpha value is -0.360. The van der Waals surface area contributed by atoms with Crippen LogP contribution in [0.25, 0.3) is 10.8 Å². The van der Waals surface area contributed by atoms with E-state index in [2.05, 4.69) is 49.6 Å². The number of halogens is 2. The predicted molar refractivity (Wildman–Crippen MR) is 68.7 cm³/mol. The van der Waals surface area contributed by atoms with Gasteiger partial charge in [-0.1, -0.05) is 0 Å². The third kappa shape index (κ3) is 1.61. The third-order valence-electron chi connectivity index (χ3n) is 1.99. The van der Waals surface area contributed by atoms with Crippen molar-refractivity contribution in [3.8, 4) is 5.75 Å². The molecule has 0 aliphatic rings. The van der Waals surface area contributed by atoms with Crippen LogP contribution in [0, 0.1) is 3.57 Å². The summed E-state index contributed by atoms with van der Waals surface area (Å²) in [4.78, 5) is 4.09. The van der Waals surface area contributed by atoms with E-state index in [9.17, 15) is 0 Å². The van der Waals surface area contributed by atoms with Gasteiger partial charge in [-0.05, 0) is 56.0 Å². The summed E-state index contributed by atoms with van der Waals surface area (Å²) in [6, 6.07) is 4.07. The van der Waals surface area contributed by atoms with Gasteiger partial charge in [0.15, 0.2) is 0 Å². The van der Waals surface area contributed by atoms with E-state index in [1.807, 2.05) is 12.3 Å². The molecule has 0 atom stereocenters. The molecule has 1 heterocycles. The van der Waals surface area contributed by atoms with E-state index in [4.69, 9.17) is 4.74 Å². The summed E-state index contributed by atoms with van der Waals surface area (Å²) in [7, 11) is 1.67. The summed E-state index contributed by atoms with van der Waals surface area (Å²) in [6.07, 6.45) is 3.62. The van der Waals surface area contributed by atoms with Crippen molar-refractivity contribution >= 4 is 49.3 Å². The molecular formula is C10H7BrINO. The van der Waals surface area contributed by atoms with Crippen molar-refractivity contribution < 1.29 is 4.74 Å². The minimum atomic E-state index is 0.867. The van der Waals surface area contributed by atoms with Crippen LogP contribution in [0.5, 0.6) is 5.75 Å². The maximum atomic E-state index is 5.30. The van der Waals surface area contributed by atoms with Crippen LogP contribution in [0.2, 0.25) is 0 Å². The highest BCUT2D eigenvalue weighted by atomic mass is 127. The minimum absolute atomic E-state index is 0.867. The highest BCUT2D eigenvalue weighted by Gasteiger charge is 2.09. The van der Waals surface area contributed by atoms with Gasteiger partial charge in [0.2, 0.25) is 0 Å². The molecule has 0 saturated carbocycles. The van der Waals surface area contributed by atoms with Crippen LogP contribution in [-0.2, 0) is 0 Å². The van der Waals surface area contributed by atoms with Gasteiger partial charge in [-0.2, -0.15) is 0 Å². The molecule has 0 N–H and O–H groups in total. The molecule has 1 aromatic heterocycles. The molecule has 14 heavy (non-hydrogen) atoms. The van der Waals surface area contributed by atoms with E-state index in [0.717, 1.165) is 24.6 Å². The Morgan fingerprint density at radius 2 is 2.29 bits per heavy atom. The molecule has 0 saturated heterocycles. The molecule has 0 aliphatic heterocycles. The zero-order valence-corrected chi connectivity index (χ0v) is 11.2. The summed E-state index contributed by atoms with van der Waals surface area (Å²) in [5.74, 6) is 0.867. The number of nitrogens with zero attached hydrogens (tertiary/aromatic N) is 1. The molecule has 0 amide bonds. The fourth-order valence-corrected chi connectivity index (χ4v) is 3.23. The molecule has 1 aromatic carbocycles. The number of hydrogen-bond acceptors (Lipinski definition) is 2. The molecule has 2 aromatic rings. The van der Waals surface area contributed by atoms with Crippen LogP contribution in [-0.4, -0.2) is 12.1 Å². The van der Waals surface area contributed by atoms with Crippen LogP contribution < -0.4 is 4.74 Å². The Morgan fingerprint density at radius 3 is 3.00 bits per heavy atom. The molecule has 0 fully saturated rings. The maximum absolute atomic E-state index is 5.30. The Labute approximate surface area is 104 Å². The zero-order valence-electron chi connectivity index (χ0n) is 7.42. The SMILES string of the molecule is COc1c(I)cc2ccncc2c1Br. The fraction of sp³-hybridized carbons (Fsp3) is 0.100. The van der Waals surface area contributed by atoms with Crippen molar-refractivity contribution in [3.63, 3.8) is 0 Å². The van der Waals surface area contributed by atoms with Gasteiger partial charge in [0.1, 0.15) is 5.75 Å². The first-order valence-electron chi connectivity index (χ1n) is 3.99. The number of ether oxygens (including phenoxy) is 1. The maximum Gasteiger partial charge on any atom is 0.147 e. The van der Waals surface area contributed by atoms with Gasteiger partial charge in [-0.25, -0.2) is 0 Å². The number of fused-ring (bicyclic) bond motifs is 1. The molecule has 0 radical (unpaired) electrons. The van der Waals surface area contributed by atoms with E-state index in [1.54, 1.807) is 13.3 Å². The smallest absolute Gasteiger partial charge is 0.147 e. The van der Waals surface area contributed by atoms with Crippen LogP contribution in [0.3, 0.4) is 0 Å². The molecule has 2 rings (SSSR count). The van der Waals surface area contributed by atoms with Crippen LogP contribution in [0.1, 0.15) is 0 Å². The van der Waals surface area contributed by atoms with E-state index in [-0.39, 0.29) is 0 Å². The van der Waals surface area contributed by atoms with Gasteiger partial charge in [0.25, 0.3) is 0 Å². The summed E-state index contributed by atoms with van der Waals surface area (Å²) >= 11 is 5.78. The van der Waals surface area contributed by atoms with Gasteiger partial charge in [-0.15, -0.1) is 0 Å². The Morgan fingerprint density at radius 1 is 1.50 bits per heavy atom. The summed E-state index contributed by atoms with van der Waals surface area (Å²) in [5, 5.41) is 2.24. The number of hydrogen-bond donors (Lipinski definition) is 0. The van der Waals surface area contributed by atoms with Crippen molar-refractivity contribution in [2.75, 3.05) is 7.11 Å². The standard InChI is InChI=1S/C10H7BrINO/c1-14-10-8(12)4-6-2-3-13-5-7(6)9(10)11/h2-5H,1H3. The van der Waals surface area contributed by atoms with Crippen molar-refractivity contribution in [1.29, 1.82) is 0 Å². The molecule has 0 spiro atoms. The first-order chi connectivity index (χ1) is 6.74. The van der Waals surface area contributed by atoms with Crippen LogP contribution in [0.15, 0.2) is 29.0 Å². The highest BCUT2D eigenvalue weighted by molar-refractivity contribution is 14.1. The van der Waals surface area contributed by atoms with E-state index in [0.29, 0.717) is 0 Å². The second-order valence-corrected chi connectivity index (χ2v) is 4.76. The second kappa shape index (κ2) is 4.02. The minimum Gasteiger partial charge on any atom is -0.494 e. The molecular weight excluding hydrogens is 357 g/mol. The average Bonchev–Trinajstić information content (AvgIpc) is 2.18. The van der Waals surface area contributed by atoms with E-state index >= 15 is 0 Å². The lowest BCUT2D eigenvalue weighted by Gasteiger charge is -2.08. The summed E-state index contributed by atoms with van der Waals surface area (Å²) < 4.78 is 7.36. The number of benzene rings is 1. The number of pyridine rings is 1. The van der Waals surface area contributed by atoms with Crippen molar-refractivity contribution in [3.05, 3.63) is 32.6 Å². The second-order valence-electron chi connectivity index (χ2n) is 2.80. The van der Waals surface area contributed by atoms with Crippen molar-refractivity contribution in [2.45, 2.75) is 0 Å². The normalized spacial score (nSPS) is 10.5. The largest absolute Gasteiger partial charge is 0.494 e. The van der Waals surface area contributed by atoms with Gasteiger partial charge in [0, 0.05) is 17.8 Å². The first-order valence-corrected chi connectivity index (χ1v) is 5.87. The monoisotopic (exact) mass is 363 g/mol. The average molecular weight is 364 g/mol. The number of aromatic nitrogens is 1. The Bertz CT molecular complexity index is 487. The lowest BCUT2D eigenvalue weighted by molar-refractivity contribution is 0.410. The van der Waals surface area contributed by atoms with Gasteiger partial charge < -0.3 is 4.74 Å². The first kappa shape index (κ1) is 10.2. The number of rotatable bonds is 1.